The second-order valence-corrected chi connectivity index (χ2v) is 6.57. The van der Waals surface area contributed by atoms with Crippen LogP contribution >= 0.6 is 23.6 Å². The molecule has 19 heavy (non-hydrogen) atoms. The van der Waals surface area contributed by atoms with Crippen molar-refractivity contribution in [2.75, 3.05) is 13.1 Å². The molecule has 2 heterocycles. The summed E-state index contributed by atoms with van der Waals surface area (Å²) in [4.78, 5) is 29.1. The quantitative estimate of drug-likeness (QED) is 0.828. The van der Waals surface area contributed by atoms with Crippen molar-refractivity contribution in [1.82, 2.24) is 9.88 Å². The lowest BCUT2D eigenvalue weighted by Crippen LogP contribution is -2.42. The summed E-state index contributed by atoms with van der Waals surface area (Å²) >= 11 is 6.51. The molecule has 0 unspecified atom stereocenters. The molecule has 104 valence electrons. The molecule has 2 rings (SSSR count). The number of hydrogen-bond donors (Lipinski definition) is 2. The molecule has 1 aliphatic rings. The number of carbonyl (C=O) groups is 2. The highest BCUT2D eigenvalue weighted by atomic mass is 32.1. The van der Waals surface area contributed by atoms with Gasteiger partial charge in [0.05, 0.1) is 6.42 Å². The Morgan fingerprint density at radius 2 is 2.11 bits per heavy atom. The van der Waals surface area contributed by atoms with Crippen LogP contribution in [-0.2, 0) is 16.0 Å². The second kappa shape index (κ2) is 5.83. The van der Waals surface area contributed by atoms with Gasteiger partial charge in [0.15, 0.2) is 3.95 Å². The number of amides is 2. The van der Waals surface area contributed by atoms with E-state index in [0.29, 0.717) is 36.3 Å². The molecule has 0 aromatic carbocycles. The van der Waals surface area contributed by atoms with E-state index in [0.717, 1.165) is 10.6 Å². The number of nitrogens with one attached hydrogen (secondary N) is 1. The predicted molar refractivity (Wildman–Crippen MR) is 76.4 cm³/mol. The number of aryl methyl sites for hydroxylation is 1. The highest BCUT2D eigenvalue weighted by molar-refractivity contribution is 7.73. The van der Waals surface area contributed by atoms with Gasteiger partial charge in [-0.2, -0.15) is 0 Å². The van der Waals surface area contributed by atoms with Crippen LogP contribution in [0.2, 0.25) is 0 Å². The van der Waals surface area contributed by atoms with Crippen LogP contribution in [0.4, 0.5) is 0 Å². The lowest BCUT2D eigenvalue weighted by molar-refractivity contribution is -0.134. The van der Waals surface area contributed by atoms with Crippen molar-refractivity contribution in [3.8, 4) is 0 Å². The van der Waals surface area contributed by atoms with Crippen LogP contribution in [-0.4, -0.2) is 34.8 Å². The first-order valence-corrected chi connectivity index (χ1v) is 7.45. The molecule has 1 saturated heterocycles. The fourth-order valence-corrected chi connectivity index (χ4v) is 3.55. The standard InChI is InChI=1S/C12H17N3O2S2/c1-7-9(19-12(18)14-7)6-10(16)15-4-2-8(3-5-15)11(13)17/h8H,2-6H2,1H3,(H2,13,17)(H,14,18). The van der Waals surface area contributed by atoms with E-state index in [1.165, 1.54) is 11.3 Å². The van der Waals surface area contributed by atoms with Crippen molar-refractivity contribution in [2.24, 2.45) is 11.7 Å². The number of primary amides is 1. The van der Waals surface area contributed by atoms with Crippen molar-refractivity contribution in [3.63, 3.8) is 0 Å². The molecule has 1 aliphatic heterocycles. The van der Waals surface area contributed by atoms with Gasteiger partial charge in [-0.3, -0.25) is 9.59 Å². The third-order valence-corrected chi connectivity index (χ3v) is 4.82. The van der Waals surface area contributed by atoms with Gasteiger partial charge < -0.3 is 15.6 Å². The molecule has 0 saturated carbocycles. The van der Waals surface area contributed by atoms with Crippen LogP contribution in [0.15, 0.2) is 0 Å². The maximum Gasteiger partial charge on any atom is 0.227 e. The van der Waals surface area contributed by atoms with Crippen molar-refractivity contribution >= 4 is 35.4 Å². The van der Waals surface area contributed by atoms with E-state index in [1.807, 2.05) is 11.8 Å². The monoisotopic (exact) mass is 299 g/mol. The molecule has 3 N–H and O–H groups in total. The van der Waals surface area contributed by atoms with Gasteiger partial charge in [-0.05, 0) is 32.0 Å². The van der Waals surface area contributed by atoms with E-state index < -0.39 is 0 Å². The smallest absolute Gasteiger partial charge is 0.227 e. The molecule has 1 aromatic heterocycles. The number of nitrogens with two attached hydrogens (primary N) is 1. The first-order chi connectivity index (χ1) is 8.97. The Hall–Kier alpha value is -1.21. The molecule has 1 fully saturated rings. The molecule has 5 nitrogen and oxygen atoms in total. The van der Waals surface area contributed by atoms with E-state index in [4.69, 9.17) is 18.0 Å². The molecule has 2 amide bonds. The van der Waals surface area contributed by atoms with Crippen LogP contribution in [0.1, 0.15) is 23.4 Å². The van der Waals surface area contributed by atoms with Gasteiger partial charge in [0.25, 0.3) is 0 Å². The van der Waals surface area contributed by atoms with Gasteiger partial charge in [0, 0.05) is 29.6 Å². The molecule has 7 heteroatoms. The predicted octanol–water partition coefficient (Wildman–Crippen LogP) is 1.38. The summed E-state index contributed by atoms with van der Waals surface area (Å²) in [6.07, 6.45) is 1.72. The molecular weight excluding hydrogens is 282 g/mol. The van der Waals surface area contributed by atoms with Gasteiger partial charge in [-0.15, -0.1) is 11.3 Å². The number of aromatic amines is 1. The fourth-order valence-electron chi connectivity index (χ4n) is 2.27. The SMILES string of the molecule is Cc1[nH]c(=S)sc1CC(=O)N1CCC(C(N)=O)CC1. The molecule has 0 radical (unpaired) electrons. The largest absolute Gasteiger partial charge is 0.369 e. The molecule has 0 aliphatic carbocycles. The Morgan fingerprint density at radius 1 is 1.47 bits per heavy atom. The molecule has 1 aromatic rings. The third-order valence-electron chi connectivity index (χ3n) is 3.49. The van der Waals surface area contributed by atoms with E-state index >= 15 is 0 Å². The number of hydrogen-bond acceptors (Lipinski definition) is 4. The maximum absolute atomic E-state index is 12.2. The summed E-state index contributed by atoms with van der Waals surface area (Å²) in [7, 11) is 0. The molecule has 0 atom stereocenters. The zero-order chi connectivity index (χ0) is 14.0. The van der Waals surface area contributed by atoms with Gasteiger partial charge in [0.1, 0.15) is 0 Å². The summed E-state index contributed by atoms with van der Waals surface area (Å²) in [5.41, 5.74) is 6.25. The minimum atomic E-state index is -0.258. The second-order valence-electron chi connectivity index (χ2n) is 4.80. The number of nitrogens with zero attached hydrogens (tertiary/aromatic N) is 1. The summed E-state index contributed by atoms with van der Waals surface area (Å²) in [5, 5.41) is 0. The number of likely N-dealkylation sites (tertiary alicyclic amines) is 1. The van der Waals surface area contributed by atoms with E-state index in [2.05, 4.69) is 4.98 Å². The van der Waals surface area contributed by atoms with Crippen LogP contribution in [0.25, 0.3) is 0 Å². The number of piperidine rings is 1. The fraction of sp³-hybridized carbons (Fsp3) is 0.583. The zero-order valence-corrected chi connectivity index (χ0v) is 12.4. The number of rotatable bonds is 3. The number of H-pyrrole nitrogens is 1. The Labute approximate surface area is 120 Å². The highest BCUT2D eigenvalue weighted by Gasteiger charge is 2.26. The maximum atomic E-state index is 12.2. The number of thiazole rings is 1. The lowest BCUT2D eigenvalue weighted by atomic mass is 9.96. The zero-order valence-electron chi connectivity index (χ0n) is 10.8. The molecule has 0 spiro atoms. The summed E-state index contributed by atoms with van der Waals surface area (Å²) in [6.45, 7) is 3.15. The van der Waals surface area contributed by atoms with Gasteiger partial charge in [0.2, 0.25) is 11.8 Å². The minimum Gasteiger partial charge on any atom is -0.369 e. The van der Waals surface area contributed by atoms with Gasteiger partial charge >= 0.3 is 0 Å². The Morgan fingerprint density at radius 3 is 2.58 bits per heavy atom. The Kier molecular flexibility index (Phi) is 4.36. The number of carbonyl (C=O) groups excluding carboxylic acids is 2. The highest BCUT2D eigenvalue weighted by Crippen LogP contribution is 2.20. The van der Waals surface area contributed by atoms with Crippen LogP contribution < -0.4 is 5.73 Å². The topological polar surface area (TPSA) is 79.2 Å². The first-order valence-electron chi connectivity index (χ1n) is 6.23. The Balaban J connectivity index is 1.93. The average molecular weight is 299 g/mol. The van der Waals surface area contributed by atoms with E-state index in [9.17, 15) is 9.59 Å². The van der Waals surface area contributed by atoms with Crippen molar-refractivity contribution in [1.29, 1.82) is 0 Å². The summed E-state index contributed by atoms with van der Waals surface area (Å²) in [6, 6.07) is 0. The lowest BCUT2D eigenvalue weighted by Gasteiger charge is -2.30. The number of aromatic nitrogens is 1. The van der Waals surface area contributed by atoms with Crippen LogP contribution in [0.3, 0.4) is 0 Å². The van der Waals surface area contributed by atoms with Crippen molar-refractivity contribution in [3.05, 3.63) is 14.5 Å². The minimum absolute atomic E-state index is 0.0832. The van der Waals surface area contributed by atoms with Crippen LogP contribution in [0, 0.1) is 16.8 Å². The van der Waals surface area contributed by atoms with Gasteiger partial charge in [-0.25, -0.2) is 0 Å². The third kappa shape index (κ3) is 3.42. The normalized spacial score (nSPS) is 16.6. The van der Waals surface area contributed by atoms with E-state index in [1.54, 1.807) is 0 Å². The molecule has 0 bridgehead atoms. The van der Waals surface area contributed by atoms with E-state index in [-0.39, 0.29) is 17.7 Å². The van der Waals surface area contributed by atoms with Gasteiger partial charge in [-0.1, -0.05) is 0 Å². The summed E-state index contributed by atoms with van der Waals surface area (Å²) in [5.74, 6) is -0.247. The van der Waals surface area contributed by atoms with Crippen molar-refractivity contribution in [2.45, 2.75) is 26.2 Å². The Bertz CT molecular complexity index is 541. The summed E-state index contributed by atoms with van der Waals surface area (Å²) < 4.78 is 0.702. The first kappa shape index (κ1) is 14.2. The van der Waals surface area contributed by atoms with Crippen molar-refractivity contribution < 1.29 is 9.59 Å². The molecular formula is C12H17N3O2S2. The average Bonchev–Trinajstić information content (AvgIpc) is 2.68. The van der Waals surface area contributed by atoms with Crippen LogP contribution in [0.5, 0.6) is 0 Å².